The minimum absolute atomic E-state index is 1.96. The van der Waals surface area contributed by atoms with Crippen molar-refractivity contribution in [1.82, 2.24) is 0 Å². The van der Waals surface area contributed by atoms with E-state index in [0.29, 0.717) is 0 Å². The molecule has 33 heavy (non-hydrogen) atoms. The minimum Gasteiger partial charge on any atom is -0.302 e. The first-order chi connectivity index (χ1) is 13.7. The van der Waals surface area contributed by atoms with Gasteiger partial charge in [0.1, 0.15) is 0 Å². The molecule has 0 saturated carbocycles. The molecule has 0 unspecified atom stereocenters. The van der Waals surface area contributed by atoms with Gasteiger partial charge in [-0.15, -0.1) is 0 Å². The Morgan fingerprint density at radius 2 is 0.758 bits per heavy atom. The average molecular weight is 580 g/mol. The second-order valence-electron chi connectivity index (χ2n) is 5.48. The number of rotatable bonds is 9. The molecule has 0 aliphatic heterocycles. The molecule has 0 aliphatic rings. The van der Waals surface area contributed by atoms with Crippen LogP contribution in [0.5, 0.6) is 0 Å². The van der Waals surface area contributed by atoms with E-state index in [9.17, 15) is 87.6 Å². The van der Waals surface area contributed by atoms with Crippen LogP contribution in [0.4, 0.5) is 74.6 Å². The van der Waals surface area contributed by atoms with Crippen LogP contribution in [0.3, 0.4) is 0 Å². The van der Waals surface area contributed by atoms with Crippen molar-refractivity contribution in [3.63, 3.8) is 0 Å². The van der Waals surface area contributed by atoms with Gasteiger partial charge in [-0.1, -0.05) is 0 Å². The second kappa shape index (κ2) is 7.68. The van der Waals surface area contributed by atoms with Gasteiger partial charge in [-0.05, 0) is 0 Å². The first-order valence-corrected chi connectivity index (χ1v) is 9.37. The van der Waals surface area contributed by atoms with Gasteiger partial charge in [-0.3, -0.25) is 0 Å². The van der Waals surface area contributed by atoms with Crippen molar-refractivity contribution < 1.29 is 101 Å². The van der Waals surface area contributed by atoms with Crippen molar-refractivity contribution in [3.8, 4) is 0 Å². The van der Waals surface area contributed by atoms with Crippen LogP contribution in [0, 0.1) is 0 Å². The minimum atomic E-state index is -9.05. The Labute approximate surface area is 167 Å². The normalized spacial score (nSPS) is 16.8. The van der Waals surface area contributed by atoms with Crippen molar-refractivity contribution >= 4 is 17.9 Å². The van der Waals surface area contributed by atoms with E-state index in [0.717, 1.165) is 0 Å². The van der Waals surface area contributed by atoms with Gasteiger partial charge in [0.2, 0.25) is 0 Å². The monoisotopic (exact) mass is 580 g/mol. The molecule has 0 aromatic heterocycles. The SMILES string of the molecule is O=P(O)(O)OS(=O)(=O)C(F)(F)C(F)(F)C(F)(F)C(F)(F)C(F)(F)C(F)(F)C(F)(F)C(F)(F)F. The van der Waals surface area contributed by atoms with Crippen molar-refractivity contribution in [3.05, 3.63) is 0 Å². The van der Waals surface area contributed by atoms with Crippen molar-refractivity contribution in [1.29, 1.82) is 0 Å². The Kier molecular flexibility index (Phi) is 7.42. The molecule has 0 fully saturated rings. The average Bonchev–Trinajstić information content (AvgIpc) is 2.49. The van der Waals surface area contributed by atoms with Gasteiger partial charge in [-0.2, -0.15) is 87.0 Å². The fourth-order valence-corrected chi connectivity index (χ4v) is 3.32. The Bertz CT molecular complexity index is 901. The molecule has 0 aromatic rings. The van der Waals surface area contributed by atoms with Crippen LogP contribution < -0.4 is 0 Å². The highest BCUT2D eigenvalue weighted by atomic mass is 32.2. The van der Waals surface area contributed by atoms with Crippen LogP contribution in [0.25, 0.3) is 0 Å². The molecule has 0 rings (SSSR count). The number of hydrogen-bond acceptors (Lipinski definition) is 4. The Morgan fingerprint density at radius 1 is 0.515 bits per heavy atom. The molecule has 6 nitrogen and oxygen atoms in total. The number of alkyl halides is 17. The number of hydrogen-bond donors (Lipinski definition) is 2. The third kappa shape index (κ3) is 4.35. The van der Waals surface area contributed by atoms with Crippen LogP contribution in [-0.2, 0) is 18.7 Å². The summed E-state index contributed by atoms with van der Waals surface area (Å²) in [6.45, 7) is 0. The summed E-state index contributed by atoms with van der Waals surface area (Å²) in [5.74, 6) is -52.9. The lowest BCUT2D eigenvalue weighted by Gasteiger charge is -2.42. The van der Waals surface area contributed by atoms with Crippen LogP contribution in [0.2, 0.25) is 0 Å². The molecular weight excluding hydrogens is 578 g/mol. The van der Waals surface area contributed by atoms with E-state index in [1.807, 2.05) is 3.97 Å². The summed E-state index contributed by atoms with van der Waals surface area (Å²) in [5.41, 5.74) is 0. The van der Waals surface area contributed by atoms with Gasteiger partial charge in [0.15, 0.2) is 0 Å². The van der Waals surface area contributed by atoms with E-state index in [1.165, 1.54) is 0 Å². The zero-order valence-electron chi connectivity index (χ0n) is 13.8. The maximum absolute atomic E-state index is 13.3. The van der Waals surface area contributed by atoms with Crippen molar-refractivity contribution in [2.24, 2.45) is 0 Å². The molecule has 0 heterocycles. The van der Waals surface area contributed by atoms with Gasteiger partial charge < -0.3 is 9.79 Å². The highest BCUT2D eigenvalue weighted by Gasteiger charge is 2.96. The predicted octanol–water partition coefficient (Wildman–Crippen LogP) is 4.39. The summed E-state index contributed by atoms with van der Waals surface area (Å²) in [4.78, 5) is 15.9. The largest absolute Gasteiger partial charge is 0.484 e. The Morgan fingerprint density at radius 3 is 1.00 bits per heavy atom. The molecule has 0 aliphatic carbocycles. The summed E-state index contributed by atoms with van der Waals surface area (Å²) in [5, 5.41) is -8.15. The van der Waals surface area contributed by atoms with Gasteiger partial charge in [0.25, 0.3) is 0 Å². The maximum atomic E-state index is 13.3. The Hall–Kier alpha value is -1.13. The number of halogens is 17. The third-order valence-corrected chi connectivity index (χ3v) is 5.65. The molecule has 0 saturated heterocycles. The molecule has 0 bridgehead atoms. The molecule has 0 radical (unpaired) electrons. The highest BCUT2D eigenvalue weighted by Crippen LogP contribution is 2.64. The van der Waals surface area contributed by atoms with Gasteiger partial charge in [-0.25, -0.2) is 4.57 Å². The number of phosphoric acid groups is 1. The van der Waals surface area contributed by atoms with Gasteiger partial charge in [0.05, 0.1) is 0 Å². The quantitative estimate of drug-likeness (QED) is 0.310. The lowest BCUT2D eigenvalue weighted by atomic mass is 9.91. The fourth-order valence-electron chi connectivity index (χ4n) is 1.48. The predicted molar refractivity (Wildman–Crippen MR) is 62.7 cm³/mol. The molecule has 25 heteroatoms. The van der Waals surface area contributed by atoms with Gasteiger partial charge >= 0.3 is 64.9 Å². The van der Waals surface area contributed by atoms with Gasteiger partial charge in [0, 0.05) is 0 Å². The van der Waals surface area contributed by atoms with E-state index in [4.69, 9.17) is 9.79 Å². The van der Waals surface area contributed by atoms with E-state index in [2.05, 4.69) is 0 Å². The van der Waals surface area contributed by atoms with Crippen molar-refractivity contribution in [2.75, 3.05) is 0 Å². The fraction of sp³-hybridized carbons (Fsp3) is 1.00. The zero-order valence-corrected chi connectivity index (χ0v) is 15.5. The molecule has 200 valence electrons. The second-order valence-corrected chi connectivity index (χ2v) is 8.48. The lowest BCUT2D eigenvalue weighted by molar-refractivity contribution is -0.458. The first-order valence-electron chi connectivity index (χ1n) is 6.43. The zero-order chi connectivity index (χ0) is 27.7. The van der Waals surface area contributed by atoms with Crippen molar-refractivity contribution in [2.45, 2.75) is 47.0 Å². The molecule has 0 atom stereocenters. The van der Waals surface area contributed by atoms with Crippen LogP contribution in [0.15, 0.2) is 0 Å². The van der Waals surface area contributed by atoms with E-state index in [1.54, 1.807) is 0 Å². The first kappa shape index (κ1) is 31.9. The van der Waals surface area contributed by atoms with E-state index >= 15 is 0 Å². The summed E-state index contributed by atoms with van der Waals surface area (Å²) in [6.07, 6.45) is -7.96. The van der Waals surface area contributed by atoms with Crippen LogP contribution in [-0.4, -0.2) is 65.2 Å². The topological polar surface area (TPSA) is 101 Å². The van der Waals surface area contributed by atoms with E-state index in [-0.39, 0.29) is 0 Å². The maximum Gasteiger partial charge on any atom is 0.484 e. The van der Waals surface area contributed by atoms with E-state index < -0.39 is 64.9 Å². The summed E-state index contributed by atoms with van der Waals surface area (Å²) >= 11 is 0. The van der Waals surface area contributed by atoms with Crippen LogP contribution >= 0.6 is 7.82 Å². The highest BCUT2D eigenvalue weighted by molar-refractivity contribution is 7.91. The standard InChI is InChI=1S/C8H2F17O6PS/c9-1(10,3(13,14)5(17,18)7(21,22)23)2(11,12)4(15,16)6(19,20)8(24,25)33(29,30)31-32(26,27)28/h(H2,26,27,28). The summed E-state index contributed by atoms with van der Waals surface area (Å²) in [6, 6.07) is 0. The summed E-state index contributed by atoms with van der Waals surface area (Å²) in [7, 11) is -15.2. The molecule has 2 N–H and O–H groups in total. The van der Waals surface area contributed by atoms with Crippen LogP contribution in [0.1, 0.15) is 0 Å². The lowest BCUT2D eigenvalue weighted by Crippen LogP contribution is -2.75. The summed E-state index contributed by atoms with van der Waals surface area (Å²) < 4.78 is 253. The molecule has 0 aromatic carbocycles. The molecule has 0 spiro atoms. The smallest absolute Gasteiger partial charge is 0.302 e. The molecule has 0 amide bonds. The Balaban J connectivity index is 6.99. The molecular formula is C8H2F17O6PS. The third-order valence-electron chi connectivity index (χ3n) is 3.20.